The highest BCUT2D eigenvalue weighted by Crippen LogP contribution is 2.19. The Morgan fingerprint density at radius 1 is 1.39 bits per heavy atom. The van der Waals surface area contributed by atoms with Gasteiger partial charge in [0.1, 0.15) is 0 Å². The first-order valence-corrected chi connectivity index (χ1v) is 6.73. The summed E-state index contributed by atoms with van der Waals surface area (Å²) in [5.74, 6) is 0. The van der Waals surface area contributed by atoms with Gasteiger partial charge in [-0.3, -0.25) is 0 Å². The quantitative estimate of drug-likeness (QED) is 0.643. The lowest BCUT2D eigenvalue weighted by atomic mass is 10.2. The predicted molar refractivity (Wildman–Crippen MR) is 83.6 cm³/mol. The van der Waals surface area contributed by atoms with Gasteiger partial charge in [-0.05, 0) is 63.9 Å². The Kier molecular flexibility index (Phi) is 6.39. The Labute approximate surface area is 120 Å². The maximum Gasteiger partial charge on any atom is 0.170 e. The van der Waals surface area contributed by atoms with Gasteiger partial charge in [0, 0.05) is 17.3 Å². The molecule has 100 valence electrons. The van der Waals surface area contributed by atoms with Crippen LogP contribution in [0.25, 0.3) is 0 Å². The molecule has 1 aromatic rings. The first kappa shape index (κ1) is 15.2. The zero-order valence-electron chi connectivity index (χ0n) is 11.1. The molecule has 0 saturated carbocycles. The second kappa shape index (κ2) is 7.56. The molecule has 3 nitrogen and oxygen atoms in total. The molecule has 0 fully saturated rings. The third-order valence-electron chi connectivity index (χ3n) is 2.52. The van der Waals surface area contributed by atoms with Gasteiger partial charge in [-0.2, -0.15) is 0 Å². The number of rotatable bonds is 5. The topological polar surface area (TPSA) is 27.3 Å². The van der Waals surface area contributed by atoms with Gasteiger partial charge in [-0.25, -0.2) is 0 Å². The zero-order chi connectivity index (χ0) is 13.5. The molecule has 1 aromatic carbocycles. The van der Waals surface area contributed by atoms with Crippen LogP contribution < -0.4 is 10.6 Å². The molecule has 5 heteroatoms. The van der Waals surface area contributed by atoms with Crippen LogP contribution >= 0.6 is 23.8 Å². The summed E-state index contributed by atoms with van der Waals surface area (Å²) < 4.78 is 0. The molecule has 0 unspecified atom stereocenters. The molecule has 0 aliphatic heterocycles. The van der Waals surface area contributed by atoms with E-state index < -0.39 is 0 Å². The van der Waals surface area contributed by atoms with Crippen molar-refractivity contribution in [2.45, 2.75) is 13.3 Å². The van der Waals surface area contributed by atoms with Crippen molar-refractivity contribution in [1.82, 2.24) is 10.2 Å². The van der Waals surface area contributed by atoms with Crippen molar-refractivity contribution in [1.29, 1.82) is 0 Å². The Balaban J connectivity index is 2.38. The Morgan fingerprint density at radius 2 is 2.11 bits per heavy atom. The molecule has 0 heterocycles. The van der Waals surface area contributed by atoms with Crippen LogP contribution in [-0.2, 0) is 0 Å². The van der Waals surface area contributed by atoms with Gasteiger partial charge in [-0.15, -0.1) is 0 Å². The average molecular weight is 286 g/mol. The third kappa shape index (κ3) is 5.67. The molecule has 1 rings (SSSR count). The van der Waals surface area contributed by atoms with E-state index in [1.165, 1.54) is 0 Å². The summed E-state index contributed by atoms with van der Waals surface area (Å²) in [4.78, 5) is 2.15. The van der Waals surface area contributed by atoms with E-state index in [2.05, 4.69) is 29.6 Å². The fraction of sp³-hybridized carbons (Fsp3) is 0.462. The van der Waals surface area contributed by atoms with Gasteiger partial charge < -0.3 is 15.5 Å². The van der Waals surface area contributed by atoms with Gasteiger partial charge in [0.05, 0.1) is 0 Å². The number of hydrogen-bond acceptors (Lipinski definition) is 2. The predicted octanol–water partition coefficient (Wildman–Crippen LogP) is 2.89. The lowest BCUT2D eigenvalue weighted by Gasteiger charge is -2.14. The first-order chi connectivity index (χ1) is 8.49. The van der Waals surface area contributed by atoms with Gasteiger partial charge in [0.15, 0.2) is 5.11 Å². The number of thiocarbonyl (C=S) groups is 1. The highest BCUT2D eigenvalue weighted by molar-refractivity contribution is 7.80. The molecule has 2 N–H and O–H groups in total. The number of nitrogens with zero attached hydrogens (tertiary/aromatic N) is 1. The fourth-order valence-corrected chi connectivity index (χ4v) is 1.88. The van der Waals surface area contributed by atoms with Gasteiger partial charge >= 0.3 is 0 Å². The number of aryl methyl sites for hydroxylation is 1. The average Bonchev–Trinajstić information content (AvgIpc) is 2.29. The van der Waals surface area contributed by atoms with Crippen LogP contribution in [-0.4, -0.2) is 37.2 Å². The molecular formula is C13H20ClN3S. The second-order valence-electron chi connectivity index (χ2n) is 4.50. The van der Waals surface area contributed by atoms with Crippen LogP contribution in [0.2, 0.25) is 5.02 Å². The van der Waals surface area contributed by atoms with Gasteiger partial charge in [0.2, 0.25) is 0 Å². The maximum absolute atomic E-state index is 5.95. The van der Waals surface area contributed by atoms with E-state index in [0.29, 0.717) is 10.1 Å². The van der Waals surface area contributed by atoms with Crippen molar-refractivity contribution in [3.8, 4) is 0 Å². The van der Waals surface area contributed by atoms with Crippen molar-refractivity contribution in [2.75, 3.05) is 32.5 Å². The minimum atomic E-state index is 0.638. The number of nitrogens with one attached hydrogen (secondary N) is 2. The number of benzene rings is 1. The summed E-state index contributed by atoms with van der Waals surface area (Å²) in [6, 6.07) is 5.72. The minimum absolute atomic E-state index is 0.638. The Hall–Kier alpha value is -0.840. The van der Waals surface area contributed by atoms with Crippen molar-refractivity contribution in [3.63, 3.8) is 0 Å². The highest BCUT2D eigenvalue weighted by atomic mass is 35.5. The number of halogens is 1. The van der Waals surface area contributed by atoms with E-state index in [-0.39, 0.29) is 0 Å². The highest BCUT2D eigenvalue weighted by Gasteiger charge is 2.01. The van der Waals surface area contributed by atoms with Gasteiger partial charge in [-0.1, -0.05) is 17.7 Å². The maximum atomic E-state index is 5.95. The van der Waals surface area contributed by atoms with Crippen LogP contribution in [0.4, 0.5) is 5.69 Å². The van der Waals surface area contributed by atoms with Crippen LogP contribution in [0.15, 0.2) is 18.2 Å². The van der Waals surface area contributed by atoms with Gasteiger partial charge in [0.25, 0.3) is 0 Å². The third-order valence-corrected chi connectivity index (χ3v) is 3.00. The zero-order valence-corrected chi connectivity index (χ0v) is 12.7. The van der Waals surface area contributed by atoms with Crippen LogP contribution in [0.3, 0.4) is 0 Å². The molecule has 0 spiro atoms. The van der Waals surface area contributed by atoms with E-state index >= 15 is 0 Å². The minimum Gasteiger partial charge on any atom is -0.362 e. The molecule has 0 aromatic heterocycles. The van der Waals surface area contributed by atoms with E-state index in [9.17, 15) is 0 Å². The van der Waals surface area contributed by atoms with E-state index in [1.807, 2.05) is 25.1 Å². The summed E-state index contributed by atoms with van der Waals surface area (Å²) in [6.45, 7) is 3.93. The molecule has 0 atom stereocenters. The van der Waals surface area contributed by atoms with Crippen LogP contribution in [0.1, 0.15) is 12.0 Å². The molecule has 0 saturated heterocycles. The number of hydrogen-bond donors (Lipinski definition) is 2. The summed E-state index contributed by atoms with van der Waals surface area (Å²) >= 11 is 11.2. The largest absolute Gasteiger partial charge is 0.362 e. The first-order valence-electron chi connectivity index (χ1n) is 5.95. The van der Waals surface area contributed by atoms with Crippen molar-refractivity contribution < 1.29 is 0 Å². The lowest BCUT2D eigenvalue weighted by Crippen LogP contribution is -2.31. The molecule has 0 aliphatic carbocycles. The van der Waals surface area contributed by atoms with E-state index in [4.69, 9.17) is 23.8 Å². The smallest absolute Gasteiger partial charge is 0.170 e. The Bertz CT molecular complexity index is 407. The van der Waals surface area contributed by atoms with Crippen molar-refractivity contribution in [2.24, 2.45) is 0 Å². The van der Waals surface area contributed by atoms with Crippen LogP contribution in [0.5, 0.6) is 0 Å². The summed E-state index contributed by atoms with van der Waals surface area (Å²) in [7, 11) is 4.12. The van der Waals surface area contributed by atoms with Crippen molar-refractivity contribution in [3.05, 3.63) is 28.8 Å². The fourth-order valence-electron chi connectivity index (χ4n) is 1.49. The SMILES string of the molecule is Cc1ccc(Cl)cc1NC(=S)NCCCN(C)C. The van der Waals surface area contributed by atoms with E-state index in [1.54, 1.807) is 0 Å². The molecule has 0 radical (unpaired) electrons. The molecule has 18 heavy (non-hydrogen) atoms. The molecule has 0 amide bonds. The summed E-state index contributed by atoms with van der Waals surface area (Å²) in [5.41, 5.74) is 2.07. The second-order valence-corrected chi connectivity index (χ2v) is 5.34. The number of anilines is 1. The molecular weight excluding hydrogens is 266 g/mol. The monoisotopic (exact) mass is 285 g/mol. The van der Waals surface area contributed by atoms with Crippen LogP contribution in [0, 0.1) is 6.92 Å². The standard InChI is InChI=1S/C13H20ClN3S/c1-10-5-6-11(14)9-12(10)16-13(18)15-7-4-8-17(2)3/h5-6,9H,4,7-8H2,1-3H3,(H2,15,16,18). The molecule has 0 bridgehead atoms. The normalized spacial score (nSPS) is 10.5. The summed E-state index contributed by atoms with van der Waals surface area (Å²) in [6.07, 6.45) is 1.06. The van der Waals surface area contributed by atoms with E-state index in [0.717, 1.165) is 30.8 Å². The van der Waals surface area contributed by atoms with Crippen molar-refractivity contribution >= 4 is 34.6 Å². The lowest BCUT2D eigenvalue weighted by molar-refractivity contribution is 0.400. The Morgan fingerprint density at radius 3 is 2.78 bits per heavy atom. The summed E-state index contributed by atoms with van der Waals surface area (Å²) in [5, 5.41) is 7.69. The molecule has 0 aliphatic rings.